The Morgan fingerprint density at radius 3 is 2.00 bits per heavy atom. The van der Waals surface area contributed by atoms with Gasteiger partial charge in [-0.15, -0.1) is 0 Å². The van der Waals surface area contributed by atoms with Crippen molar-refractivity contribution in [3.8, 4) is 11.5 Å². The highest BCUT2D eigenvalue weighted by Crippen LogP contribution is 2.18. The Morgan fingerprint density at radius 1 is 0.955 bits per heavy atom. The zero-order valence-electron chi connectivity index (χ0n) is 13.6. The largest absolute Gasteiger partial charge is 0.497 e. The van der Waals surface area contributed by atoms with Gasteiger partial charge in [0.05, 0.1) is 7.11 Å². The molecule has 22 heavy (non-hydrogen) atoms. The molecule has 0 saturated heterocycles. The molecule has 6 heteroatoms. The first-order valence-electron chi connectivity index (χ1n) is 7.15. The number of ether oxygens (including phenoxy) is 3. The molecule has 1 N–H and O–H groups in total. The van der Waals surface area contributed by atoms with Gasteiger partial charge in [-0.2, -0.15) is 0 Å². The number of amides is 1. The Balaban J connectivity index is 2.51. The number of nitrogens with one attached hydrogen (secondary N) is 1. The average molecular weight is 309 g/mol. The molecule has 2 atom stereocenters. The van der Waals surface area contributed by atoms with Gasteiger partial charge in [-0.1, -0.05) is 0 Å². The van der Waals surface area contributed by atoms with Crippen LogP contribution in [0.25, 0.3) is 0 Å². The Bertz CT molecular complexity index is 498. The minimum Gasteiger partial charge on any atom is -0.497 e. The number of carbonyl (C=O) groups is 2. The lowest BCUT2D eigenvalue weighted by Crippen LogP contribution is -2.41. The van der Waals surface area contributed by atoms with Gasteiger partial charge in [-0.05, 0) is 52.0 Å². The third kappa shape index (κ3) is 5.63. The van der Waals surface area contributed by atoms with Gasteiger partial charge in [0, 0.05) is 6.04 Å². The standard InChI is InChI=1S/C16H23NO5/c1-10(2)17-15(18)11(3)22-16(19)12(4)21-14-8-6-13(20-5)7-9-14/h6-12H,1-5H3,(H,17,18). The van der Waals surface area contributed by atoms with Crippen molar-refractivity contribution in [2.24, 2.45) is 0 Å². The molecule has 0 aliphatic carbocycles. The van der Waals surface area contributed by atoms with Gasteiger partial charge < -0.3 is 19.5 Å². The zero-order valence-corrected chi connectivity index (χ0v) is 13.6. The van der Waals surface area contributed by atoms with Crippen LogP contribution in [0.1, 0.15) is 27.7 Å². The van der Waals surface area contributed by atoms with E-state index >= 15 is 0 Å². The van der Waals surface area contributed by atoms with E-state index < -0.39 is 18.2 Å². The number of hydrogen-bond acceptors (Lipinski definition) is 5. The Morgan fingerprint density at radius 2 is 1.50 bits per heavy atom. The molecule has 0 radical (unpaired) electrons. The quantitative estimate of drug-likeness (QED) is 0.779. The maximum absolute atomic E-state index is 11.9. The minimum absolute atomic E-state index is 0.0124. The maximum atomic E-state index is 11.9. The van der Waals surface area contributed by atoms with Crippen LogP contribution in [0.5, 0.6) is 11.5 Å². The molecule has 0 spiro atoms. The van der Waals surface area contributed by atoms with Crippen LogP contribution >= 0.6 is 0 Å². The van der Waals surface area contributed by atoms with Crippen molar-refractivity contribution < 1.29 is 23.8 Å². The lowest BCUT2D eigenvalue weighted by Gasteiger charge is -2.18. The second-order valence-corrected chi connectivity index (χ2v) is 5.18. The van der Waals surface area contributed by atoms with Crippen molar-refractivity contribution in [1.29, 1.82) is 0 Å². The normalized spacial score (nSPS) is 13.2. The van der Waals surface area contributed by atoms with Crippen LogP contribution in [0, 0.1) is 0 Å². The summed E-state index contributed by atoms with van der Waals surface area (Å²) in [4.78, 5) is 23.6. The summed E-state index contributed by atoms with van der Waals surface area (Å²) in [5.74, 6) is 0.285. The highest BCUT2D eigenvalue weighted by atomic mass is 16.6. The Hall–Kier alpha value is -2.24. The summed E-state index contributed by atoms with van der Waals surface area (Å²) in [5, 5.41) is 2.68. The summed E-state index contributed by atoms with van der Waals surface area (Å²) < 4.78 is 15.6. The van der Waals surface area contributed by atoms with Crippen LogP contribution in [0.4, 0.5) is 0 Å². The summed E-state index contributed by atoms with van der Waals surface area (Å²) in [6.45, 7) is 6.76. The zero-order chi connectivity index (χ0) is 16.7. The third-order valence-corrected chi connectivity index (χ3v) is 2.80. The molecule has 0 saturated carbocycles. The van der Waals surface area contributed by atoms with Crippen molar-refractivity contribution in [2.45, 2.75) is 45.9 Å². The SMILES string of the molecule is COc1ccc(OC(C)C(=O)OC(C)C(=O)NC(C)C)cc1. The molecule has 1 aromatic rings. The molecule has 0 bridgehead atoms. The molecule has 2 unspecified atom stereocenters. The van der Waals surface area contributed by atoms with Crippen molar-refractivity contribution in [3.63, 3.8) is 0 Å². The smallest absolute Gasteiger partial charge is 0.347 e. The fourth-order valence-electron chi connectivity index (χ4n) is 1.63. The second kappa shape index (κ2) is 8.26. The van der Waals surface area contributed by atoms with E-state index in [1.54, 1.807) is 38.3 Å². The van der Waals surface area contributed by atoms with E-state index in [1.807, 2.05) is 13.8 Å². The number of hydrogen-bond donors (Lipinski definition) is 1. The van der Waals surface area contributed by atoms with Crippen LogP contribution in [0.15, 0.2) is 24.3 Å². The topological polar surface area (TPSA) is 73.9 Å². The Labute approximate surface area is 130 Å². The van der Waals surface area contributed by atoms with Gasteiger partial charge in [-0.25, -0.2) is 4.79 Å². The lowest BCUT2D eigenvalue weighted by molar-refractivity contribution is -0.161. The van der Waals surface area contributed by atoms with E-state index in [2.05, 4.69) is 5.32 Å². The summed E-state index contributed by atoms with van der Waals surface area (Å²) in [6, 6.07) is 6.83. The molecule has 0 heterocycles. The van der Waals surface area contributed by atoms with E-state index in [-0.39, 0.29) is 11.9 Å². The lowest BCUT2D eigenvalue weighted by atomic mass is 10.3. The van der Waals surface area contributed by atoms with Gasteiger partial charge in [0.2, 0.25) is 0 Å². The van der Waals surface area contributed by atoms with Crippen molar-refractivity contribution in [1.82, 2.24) is 5.32 Å². The molecule has 0 aliphatic heterocycles. The summed E-state index contributed by atoms with van der Waals surface area (Å²) in [6.07, 6.45) is -1.68. The van der Waals surface area contributed by atoms with E-state index in [0.717, 1.165) is 0 Å². The van der Waals surface area contributed by atoms with Crippen molar-refractivity contribution in [2.75, 3.05) is 7.11 Å². The predicted octanol–water partition coefficient (Wildman–Crippen LogP) is 1.92. The first-order valence-corrected chi connectivity index (χ1v) is 7.15. The van der Waals surface area contributed by atoms with Gasteiger partial charge in [0.1, 0.15) is 11.5 Å². The molecular formula is C16H23NO5. The van der Waals surface area contributed by atoms with Gasteiger partial charge in [-0.3, -0.25) is 4.79 Å². The number of benzene rings is 1. The molecular weight excluding hydrogens is 286 g/mol. The molecule has 122 valence electrons. The fraction of sp³-hybridized carbons (Fsp3) is 0.500. The highest BCUT2D eigenvalue weighted by molar-refractivity contribution is 5.84. The number of rotatable bonds is 7. The first-order chi connectivity index (χ1) is 10.3. The second-order valence-electron chi connectivity index (χ2n) is 5.18. The average Bonchev–Trinajstić information content (AvgIpc) is 2.47. The van der Waals surface area contributed by atoms with Crippen LogP contribution in [-0.4, -0.2) is 37.2 Å². The van der Waals surface area contributed by atoms with Gasteiger partial charge in [0.25, 0.3) is 5.91 Å². The number of esters is 1. The van der Waals surface area contributed by atoms with Crippen LogP contribution in [0.3, 0.4) is 0 Å². The van der Waals surface area contributed by atoms with Gasteiger partial charge in [0.15, 0.2) is 12.2 Å². The van der Waals surface area contributed by atoms with Crippen LogP contribution in [0.2, 0.25) is 0 Å². The third-order valence-electron chi connectivity index (χ3n) is 2.80. The van der Waals surface area contributed by atoms with Crippen LogP contribution in [-0.2, 0) is 14.3 Å². The molecule has 0 aliphatic rings. The van der Waals surface area contributed by atoms with Crippen molar-refractivity contribution >= 4 is 11.9 Å². The molecule has 1 rings (SSSR count). The van der Waals surface area contributed by atoms with Gasteiger partial charge >= 0.3 is 5.97 Å². The molecule has 0 fully saturated rings. The maximum Gasteiger partial charge on any atom is 0.347 e. The molecule has 0 aromatic heterocycles. The monoisotopic (exact) mass is 309 g/mol. The summed E-state index contributed by atoms with van der Waals surface area (Å²) in [7, 11) is 1.57. The molecule has 1 aromatic carbocycles. The van der Waals surface area contributed by atoms with Crippen LogP contribution < -0.4 is 14.8 Å². The summed E-state index contributed by atoms with van der Waals surface area (Å²) >= 11 is 0. The van der Waals surface area contributed by atoms with E-state index in [0.29, 0.717) is 11.5 Å². The minimum atomic E-state index is -0.864. The van der Waals surface area contributed by atoms with Crippen molar-refractivity contribution in [3.05, 3.63) is 24.3 Å². The molecule has 1 amide bonds. The summed E-state index contributed by atoms with van der Waals surface area (Å²) in [5.41, 5.74) is 0. The number of carbonyl (C=O) groups excluding carboxylic acids is 2. The first kappa shape index (κ1) is 17.8. The fourth-order valence-corrected chi connectivity index (χ4v) is 1.63. The molecule has 6 nitrogen and oxygen atoms in total. The van der Waals surface area contributed by atoms with E-state index in [9.17, 15) is 9.59 Å². The number of methoxy groups -OCH3 is 1. The highest BCUT2D eigenvalue weighted by Gasteiger charge is 2.23. The van der Waals surface area contributed by atoms with E-state index in [1.165, 1.54) is 6.92 Å². The Kier molecular flexibility index (Phi) is 6.69. The van der Waals surface area contributed by atoms with E-state index in [4.69, 9.17) is 14.2 Å². The predicted molar refractivity (Wildman–Crippen MR) is 81.9 cm³/mol.